The van der Waals surface area contributed by atoms with E-state index in [4.69, 9.17) is 5.73 Å². The van der Waals surface area contributed by atoms with Crippen LogP contribution in [0.1, 0.15) is 0 Å². The quantitative estimate of drug-likeness (QED) is 0.616. The predicted octanol–water partition coefficient (Wildman–Crippen LogP) is 2.28. The monoisotopic (exact) mass is 352 g/mol. The predicted molar refractivity (Wildman–Crippen MR) is 78.5 cm³/mol. The molecule has 3 rings (SSSR count). The van der Waals surface area contributed by atoms with Crippen molar-refractivity contribution in [3.05, 3.63) is 34.2 Å². The van der Waals surface area contributed by atoms with Crippen molar-refractivity contribution in [2.45, 2.75) is 0 Å². The van der Waals surface area contributed by atoms with Crippen molar-refractivity contribution in [3.8, 4) is 0 Å². The number of aromatic nitrogens is 4. The average Bonchev–Trinajstić information content (AvgIpc) is 2.77. The van der Waals surface area contributed by atoms with Crippen LogP contribution < -0.4 is 11.1 Å². The summed E-state index contributed by atoms with van der Waals surface area (Å²) in [5.74, 6) is 0.917. The number of aromatic amines is 1. The molecule has 0 bridgehead atoms. The highest BCUT2D eigenvalue weighted by Crippen LogP contribution is 2.25. The van der Waals surface area contributed by atoms with Crippen LogP contribution in [-0.2, 0) is 0 Å². The molecular formula is C11H9IN6. The van der Waals surface area contributed by atoms with Crippen LogP contribution in [0.5, 0.6) is 0 Å². The molecule has 0 fully saturated rings. The van der Waals surface area contributed by atoms with Crippen molar-refractivity contribution >= 4 is 50.9 Å². The number of rotatable bonds is 2. The van der Waals surface area contributed by atoms with E-state index in [0.717, 1.165) is 20.2 Å². The number of hydrogen-bond donors (Lipinski definition) is 3. The van der Waals surface area contributed by atoms with E-state index >= 15 is 0 Å². The number of nitrogens with one attached hydrogen (secondary N) is 2. The number of halogens is 1. The summed E-state index contributed by atoms with van der Waals surface area (Å²) in [6, 6.07) is 5.78. The van der Waals surface area contributed by atoms with Crippen LogP contribution in [-0.4, -0.2) is 20.2 Å². The van der Waals surface area contributed by atoms with Gasteiger partial charge >= 0.3 is 0 Å². The van der Waals surface area contributed by atoms with Crippen LogP contribution in [0.15, 0.2) is 30.6 Å². The molecular weight excluding hydrogens is 343 g/mol. The molecule has 3 aromatic rings. The summed E-state index contributed by atoms with van der Waals surface area (Å²) in [6.07, 6.45) is 3.41. The second-order valence-corrected chi connectivity index (χ2v) is 4.88. The SMILES string of the molecule is Nc1nccc(Nc2cc(I)c3[nH]ncc3c2)n1. The van der Waals surface area contributed by atoms with Gasteiger partial charge in [-0.15, -0.1) is 0 Å². The minimum Gasteiger partial charge on any atom is -0.368 e. The highest BCUT2D eigenvalue weighted by molar-refractivity contribution is 14.1. The van der Waals surface area contributed by atoms with E-state index in [1.54, 1.807) is 18.5 Å². The van der Waals surface area contributed by atoms with Gasteiger partial charge in [0.15, 0.2) is 0 Å². The summed E-state index contributed by atoms with van der Waals surface area (Å²) in [5.41, 5.74) is 7.50. The first-order chi connectivity index (χ1) is 8.72. The van der Waals surface area contributed by atoms with E-state index in [9.17, 15) is 0 Å². The smallest absolute Gasteiger partial charge is 0.221 e. The molecule has 2 heterocycles. The molecule has 7 heteroatoms. The van der Waals surface area contributed by atoms with E-state index in [1.165, 1.54) is 0 Å². The first kappa shape index (κ1) is 11.2. The third-order valence-corrected chi connectivity index (χ3v) is 3.30. The number of nitrogens with two attached hydrogens (primary N) is 1. The molecule has 6 nitrogen and oxygen atoms in total. The number of H-pyrrole nitrogens is 1. The molecule has 0 aliphatic heterocycles. The topological polar surface area (TPSA) is 92.5 Å². The van der Waals surface area contributed by atoms with Crippen LogP contribution >= 0.6 is 22.6 Å². The summed E-state index contributed by atoms with van der Waals surface area (Å²) in [4.78, 5) is 7.95. The highest BCUT2D eigenvalue weighted by atomic mass is 127. The minimum absolute atomic E-state index is 0.249. The molecule has 4 N–H and O–H groups in total. The first-order valence-electron chi connectivity index (χ1n) is 5.20. The van der Waals surface area contributed by atoms with E-state index in [-0.39, 0.29) is 5.95 Å². The molecule has 0 amide bonds. The van der Waals surface area contributed by atoms with E-state index in [1.807, 2.05) is 12.1 Å². The number of nitrogens with zero attached hydrogens (tertiary/aromatic N) is 3. The Hall–Kier alpha value is -1.90. The molecule has 0 aliphatic carbocycles. The van der Waals surface area contributed by atoms with Crippen molar-refractivity contribution in [3.63, 3.8) is 0 Å². The third-order valence-electron chi connectivity index (χ3n) is 2.45. The van der Waals surface area contributed by atoms with Gasteiger partial charge in [-0.3, -0.25) is 5.10 Å². The minimum atomic E-state index is 0.249. The fourth-order valence-corrected chi connectivity index (χ4v) is 2.45. The van der Waals surface area contributed by atoms with E-state index in [2.05, 4.69) is 48.1 Å². The zero-order valence-electron chi connectivity index (χ0n) is 9.18. The molecule has 0 aliphatic rings. The van der Waals surface area contributed by atoms with Gasteiger partial charge in [0.05, 0.1) is 11.7 Å². The summed E-state index contributed by atoms with van der Waals surface area (Å²) in [6.45, 7) is 0. The second kappa shape index (κ2) is 4.41. The number of nitrogen functional groups attached to an aromatic ring is 1. The zero-order valence-corrected chi connectivity index (χ0v) is 11.3. The van der Waals surface area contributed by atoms with Crippen molar-refractivity contribution < 1.29 is 0 Å². The summed E-state index contributed by atoms with van der Waals surface area (Å²) in [5, 5.41) is 11.2. The number of fused-ring (bicyclic) bond motifs is 1. The molecule has 0 saturated heterocycles. The van der Waals surface area contributed by atoms with Gasteiger partial charge in [-0.2, -0.15) is 10.1 Å². The van der Waals surface area contributed by atoms with Crippen LogP contribution in [0.4, 0.5) is 17.5 Å². The lowest BCUT2D eigenvalue weighted by Gasteiger charge is -2.06. The van der Waals surface area contributed by atoms with Gasteiger partial charge in [0, 0.05) is 20.8 Å². The van der Waals surface area contributed by atoms with E-state index in [0.29, 0.717) is 5.82 Å². The Morgan fingerprint density at radius 2 is 2.22 bits per heavy atom. The Morgan fingerprint density at radius 1 is 1.33 bits per heavy atom. The molecule has 0 spiro atoms. The Bertz CT molecular complexity index is 708. The van der Waals surface area contributed by atoms with Crippen LogP contribution in [0.3, 0.4) is 0 Å². The second-order valence-electron chi connectivity index (χ2n) is 3.72. The standard InChI is InChI=1S/C11H9IN6/c12-8-4-7(3-6-5-15-18-10(6)8)16-9-1-2-14-11(13)17-9/h1-5H,(H,15,18)(H3,13,14,16,17). The van der Waals surface area contributed by atoms with Gasteiger partial charge in [-0.05, 0) is 40.8 Å². The molecule has 90 valence electrons. The molecule has 18 heavy (non-hydrogen) atoms. The van der Waals surface area contributed by atoms with Crippen molar-refractivity contribution in [1.29, 1.82) is 0 Å². The lowest BCUT2D eigenvalue weighted by Crippen LogP contribution is -1.99. The Kier molecular flexibility index (Phi) is 2.74. The Balaban J connectivity index is 1.99. The van der Waals surface area contributed by atoms with Gasteiger partial charge in [0.2, 0.25) is 5.95 Å². The molecule has 1 aromatic carbocycles. The van der Waals surface area contributed by atoms with Crippen molar-refractivity contribution in [2.75, 3.05) is 11.1 Å². The summed E-state index contributed by atoms with van der Waals surface area (Å²) >= 11 is 2.26. The van der Waals surface area contributed by atoms with Crippen molar-refractivity contribution in [1.82, 2.24) is 20.2 Å². The van der Waals surface area contributed by atoms with Gasteiger partial charge in [-0.1, -0.05) is 0 Å². The molecule has 0 atom stereocenters. The van der Waals surface area contributed by atoms with Crippen LogP contribution in [0, 0.1) is 3.57 Å². The van der Waals surface area contributed by atoms with Crippen LogP contribution in [0.25, 0.3) is 10.9 Å². The largest absolute Gasteiger partial charge is 0.368 e. The number of benzene rings is 1. The zero-order chi connectivity index (χ0) is 12.5. The average molecular weight is 352 g/mol. The fourth-order valence-electron chi connectivity index (χ4n) is 1.68. The lowest BCUT2D eigenvalue weighted by atomic mass is 10.2. The first-order valence-corrected chi connectivity index (χ1v) is 6.28. The van der Waals surface area contributed by atoms with Gasteiger partial charge < -0.3 is 11.1 Å². The van der Waals surface area contributed by atoms with Crippen LogP contribution in [0.2, 0.25) is 0 Å². The normalized spacial score (nSPS) is 10.7. The highest BCUT2D eigenvalue weighted by Gasteiger charge is 2.04. The number of hydrogen-bond acceptors (Lipinski definition) is 5. The molecule has 0 radical (unpaired) electrons. The molecule has 0 unspecified atom stereocenters. The lowest BCUT2D eigenvalue weighted by molar-refractivity contribution is 1.12. The number of anilines is 3. The maximum atomic E-state index is 5.54. The Labute approximate surface area is 116 Å². The van der Waals surface area contributed by atoms with E-state index < -0.39 is 0 Å². The third kappa shape index (κ3) is 2.08. The maximum Gasteiger partial charge on any atom is 0.221 e. The summed E-state index contributed by atoms with van der Waals surface area (Å²) in [7, 11) is 0. The van der Waals surface area contributed by atoms with Gasteiger partial charge in [0.1, 0.15) is 5.82 Å². The van der Waals surface area contributed by atoms with Crippen molar-refractivity contribution in [2.24, 2.45) is 0 Å². The molecule has 2 aromatic heterocycles. The Morgan fingerprint density at radius 3 is 3.06 bits per heavy atom. The molecule has 0 saturated carbocycles. The van der Waals surface area contributed by atoms with Gasteiger partial charge in [0.25, 0.3) is 0 Å². The summed E-state index contributed by atoms with van der Waals surface area (Å²) < 4.78 is 1.09. The fraction of sp³-hybridized carbons (Fsp3) is 0. The maximum absolute atomic E-state index is 5.54. The van der Waals surface area contributed by atoms with Gasteiger partial charge in [-0.25, -0.2) is 4.98 Å².